The van der Waals surface area contributed by atoms with Crippen LogP contribution in [-0.2, 0) is 0 Å². The zero-order valence-electron chi connectivity index (χ0n) is 18.5. The van der Waals surface area contributed by atoms with E-state index in [2.05, 4.69) is 10.6 Å². The lowest BCUT2D eigenvalue weighted by Gasteiger charge is -2.08. The van der Waals surface area contributed by atoms with E-state index >= 15 is 0 Å². The maximum atomic E-state index is 11.7. The van der Waals surface area contributed by atoms with Crippen LogP contribution in [0.25, 0.3) is 0 Å². The third-order valence-electron chi connectivity index (χ3n) is 2.62. The van der Waals surface area contributed by atoms with Gasteiger partial charge in [0.05, 0.1) is 0 Å². The van der Waals surface area contributed by atoms with Crippen LogP contribution in [-0.4, -0.2) is 6.03 Å². The van der Waals surface area contributed by atoms with Crippen molar-refractivity contribution in [1.82, 2.24) is 0 Å². The van der Waals surface area contributed by atoms with Crippen molar-refractivity contribution in [3.8, 4) is 0 Å². The Bertz CT molecular complexity index is 482. The minimum atomic E-state index is -0.234. The maximum Gasteiger partial charge on any atom is 0.323 e. The molecule has 0 aliphatic heterocycles. The molecule has 3 nitrogen and oxygen atoms in total. The molecule has 148 valence electrons. The van der Waals surface area contributed by atoms with E-state index in [0.717, 1.165) is 11.4 Å². The number of carbonyl (C=O) groups is 1. The average molecular weight is 361 g/mol. The van der Waals surface area contributed by atoms with E-state index in [1.165, 1.54) is 11.1 Å². The number of hydrogen-bond acceptors (Lipinski definition) is 1. The molecule has 0 saturated heterocycles. The van der Waals surface area contributed by atoms with Gasteiger partial charge in [-0.05, 0) is 38.1 Å². The highest BCUT2D eigenvalue weighted by molar-refractivity contribution is 5.99. The molecule has 0 saturated carbocycles. The van der Waals surface area contributed by atoms with E-state index in [9.17, 15) is 4.79 Å². The largest absolute Gasteiger partial charge is 0.323 e. The second kappa shape index (κ2) is 20.8. The number of rotatable bonds is 2. The van der Waals surface area contributed by atoms with E-state index in [0.29, 0.717) is 0 Å². The highest BCUT2D eigenvalue weighted by Crippen LogP contribution is 2.11. The molecule has 3 heteroatoms. The summed E-state index contributed by atoms with van der Waals surface area (Å²) < 4.78 is 0. The Kier molecular flexibility index (Phi) is 22.8. The van der Waals surface area contributed by atoms with Crippen molar-refractivity contribution < 1.29 is 4.79 Å². The normalized spacial score (nSPS) is 7.77. The lowest BCUT2D eigenvalue weighted by atomic mass is 10.2. The minimum absolute atomic E-state index is 0.234. The molecular formula is C23H40N2O. The van der Waals surface area contributed by atoms with E-state index in [4.69, 9.17) is 0 Å². The number of urea groups is 1. The lowest BCUT2D eigenvalue weighted by molar-refractivity contribution is 0.262. The average Bonchev–Trinajstić information content (AvgIpc) is 2.72. The van der Waals surface area contributed by atoms with Crippen LogP contribution in [0.2, 0.25) is 0 Å². The van der Waals surface area contributed by atoms with Crippen molar-refractivity contribution in [3.05, 3.63) is 59.7 Å². The van der Waals surface area contributed by atoms with Crippen LogP contribution < -0.4 is 10.6 Å². The molecule has 2 aromatic rings. The molecule has 2 N–H and O–H groups in total. The van der Waals surface area contributed by atoms with Crippen molar-refractivity contribution in [2.24, 2.45) is 0 Å². The fourth-order valence-electron chi connectivity index (χ4n) is 1.57. The SMILES string of the molecule is CC.CC.CC.CC.Cc1ccc(NC(=O)Nc2ccc(C)cc2)cc1. The quantitative estimate of drug-likeness (QED) is 0.558. The summed E-state index contributed by atoms with van der Waals surface area (Å²) in [6.07, 6.45) is 0. The van der Waals surface area contributed by atoms with Crippen LogP contribution in [0.4, 0.5) is 16.2 Å². The van der Waals surface area contributed by atoms with Crippen molar-refractivity contribution in [2.75, 3.05) is 10.6 Å². The van der Waals surface area contributed by atoms with Crippen molar-refractivity contribution in [1.29, 1.82) is 0 Å². The molecular weight excluding hydrogens is 320 g/mol. The minimum Gasteiger partial charge on any atom is -0.308 e. The van der Waals surface area contributed by atoms with Gasteiger partial charge in [-0.1, -0.05) is 90.8 Å². The molecule has 0 aliphatic carbocycles. The van der Waals surface area contributed by atoms with Crippen LogP contribution in [0.1, 0.15) is 66.5 Å². The summed E-state index contributed by atoms with van der Waals surface area (Å²) in [6, 6.07) is 15.1. The third kappa shape index (κ3) is 14.1. The highest BCUT2D eigenvalue weighted by Gasteiger charge is 2.01. The highest BCUT2D eigenvalue weighted by atomic mass is 16.2. The molecule has 0 radical (unpaired) electrons. The van der Waals surface area contributed by atoms with Gasteiger partial charge in [0.1, 0.15) is 0 Å². The molecule has 0 aromatic heterocycles. The standard InChI is InChI=1S/C15H16N2O.4C2H6/c1-11-3-7-13(8-4-11)16-15(18)17-14-9-5-12(2)6-10-14;4*1-2/h3-10H,1-2H3,(H2,16,17,18);4*1-2H3. The van der Waals surface area contributed by atoms with Gasteiger partial charge in [-0.25, -0.2) is 4.79 Å². The first-order valence-corrected chi connectivity index (χ1v) is 9.85. The van der Waals surface area contributed by atoms with Crippen LogP contribution in [0, 0.1) is 13.8 Å². The summed E-state index contributed by atoms with van der Waals surface area (Å²) in [7, 11) is 0. The van der Waals surface area contributed by atoms with Gasteiger partial charge < -0.3 is 10.6 Å². The smallest absolute Gasteiger partial charge is 0.308 e. The number of hydrogen-bond donors (Lipinski definition) is 2. The molecule has 0 fully saturated rings. The number of carbonyl (C=O) groups excluding carboxylic acids is 1. The molecule has 2 rings (SSSR count). The molecule has 0 atom stereocenters. The maximum absolute atomic E-state index is 11.7. The van der Waals surface area contributed by atoms with Crippen LogP contribution >= 0.6 is 0 Å². The number of nitrogens with one attached hydrogen (secondary N) is 2. The summed E-state index contributed by atoms with van der Waals surface area (Å²) in [5, 5.41) is 5.56. The number of aryl methyl sites for hydroxylation is 2. The summed E-state index contributed by atoms with van der Waals surface area (Å²) in [6.45, 7) is 20.0. The molecule has 0 spiro atoms. The van der Waals surface area contributed by atoms with E-state index in [1.54, 1.807) is 0 Å². The molecule has 26 heavy (non-hydrogen) atoms. The number of amides is 2. The van der Waals surface area contributed by atoms with E-state index in [-0.39, 0.29) is 6.03 Å². The van der Waals surface area contributed by atoms with Crippen molar-refractivity contribution >= 4 is 17.4 Å². The van der Waals surface area contributed by atoms with E-state index < -0.39 is 0 Å². The second-order valence-electron chi connectivity index (χ2n) is 4.31. The van der Waals surface area contributed by atoms with Gasteiger partial charge in [-0.3, -0.25) is 0 Å². The zero-order chi connectivity index (χ0) is 21.0. The molecule has 0 aliphatic rings. The lowest BCUT2D eigenvalue weighted by Crippen LogP contribution is -2.19. The summed E-state index contributed by atoms with van der Waals surface area (Å²) in [5.74, 6) is 0. The van der Waals surface area contributed by atoms with Crippen LogP contribution in [0.15, 0.2) is 48.5 Å². The Balaban J connectivity index is -0.000000585. The first-order chi connectivity index (χ1) is 12.6. The van der Waals surface area contributed by atoms with Gasteiger partial charge in [0.2, 0.25) is 0 Å². The van der Waals surface area contributed by atoms with Crippen LogP contribution in [0.5, 0.6) is 0 Å². The summed E-state index contributed by atoms with van der Waals surface area (Å²) in [5.41, 5.74) is 3.90. The fourth-order valence-corrected chi connectivity index (χ4v) is 1.57. The molecule has 0 unspecified atom stereocenters. The first-order valence-electron chi connectivity index (χ1n) is 9.85. The monoisotopic (exact) mass is 360 g/mol. The Hall–Kier alpha value is -2.29. The van der Waals surface area contributed by atoms with Gasteiger partial charge in [-0.15, -0.1) is 0 Å². The molecule has 2 aromatic carbocycles. The predicted molar refractivity (Wildman–Crippen MR) is 120 cm³/mol. The van der Waals surface area contributed by atoms with E-state index in [1.807, 2.05) is 118 Å². The zero-order valence-corrected chi connectivity index (χ0v) is 18.5. The van der Waals surface area contributed by atoms with Gasteiger partial charge in [0.25, 0.3) is 0 Å². The van der Waals surface area contributed by atoms with Gasteiger partial charge in [0, 0.05) is 11.4 Å². The summed E-state index contributed by atoms with van der Waals surface area (Å²) in [4.78, 5) is 11.7. The fraction of sp³-hybridized carbons (Fsp3) is 0.435. The van der Waals surface area contributed by atoms with Crippen molar-refractivity contribution in [3.63, 3.8) is 0 Å². The first kappa shape index (κ1) is 28.5. The van der Waals surface area contributed by atoms with Crippen molar-refractivity contribution in [2.45, 2.75) is 69.2 Å². The second-order valence-corrected chi connectivity index (χ2v) is 4.31. The Morgan fingerprint density at radius 3 is 1.00 bits per heavy atom. The van der Waals surface area contributed by atoms with Gasteiger partial charge >= 0.3 is 6.03 Å². The molecule has 0 bridgehead atoms. The molecule has 2 amide bonds. The Morgan fingerprint density at radius 1 is 0.538 bits per heavy atom. The third-order valence-corrected chi connectivity index (χ3v) is 2.62. The predicted octanol–water partition coefficient (Wildman–Crippen LogP) is 8.05. The summed E-state index contributed by atoms with van der Waals surface area (Å²) >= 11 is 0. The van der Waals surface area contributed by atoms with Gasteiger partial charge in [-0.2, -0.15) is 0 Å². The van der Waals surface area contributed by atoms with Crippen LogP contribution in [0.3, 0.4) is 0 Å². The molecule has 0 heterocycles. The Labute approximate surface area is 162 Å². The number of benzene rings is 2. The Morgan fingerprint density at radius 2 is 0.769 bits per heavy atom. The topological polar surface area (TPSA) is 41.1 Å². The van der Waals surface area contributed by atoms with Gasteiger partial charge in [0.15, 0.2) is 0 Å². The number of anilines is 2.